The third-order valence-corrected chi connectivity index (χ3v) is 4.70. The molecular formula is C20H15FN2O2S. The molecule has 2 aromatic carbocycles. The van der Waals surface area contributed by atoms with Gasteiger partial charge in [-0.25, -0.2) is 9.37 Å². The molecule has 6 heteroatoms. The molecule has 3 aromatic rings. The van der Waals surface area contributed by atoms with Gasteiger partial charge in [-0.3, -0.25) is 0 Å². The quantitative estimate of drug-likeness (QED) is 0.639. The van der Waals surface area contributed by atoms with E-state index in [0.717, 1.165) is 5.56 Å². The Hall–Kier alpha value is -3.12. The first-order valence-electron chi connectivity index (χ1n) is 7.80. The van der Waals surface area contributed by atoms with E-state index in [2.05, 4.69) is 9.38 Å². The molecule has 0 fully saturated rings. The van der Waals surface area contributed by atoms with E-state index in [1.807, 2.05) is 6.07 Å². The molecule has 1 heterocycles. The van der Waals surface area contributed by atoms with Crippen LogP contribution < -0.4 is 0 Å². The summed E-state index contributed by atoms with van der Waals surface area (Å²) < 4.78 is 42.1. The lowest BCUT2D eigenvalue weighted by Crippen LogP contribution is -2.05. The number of aromatic nitrogens is 1. The van der Waals surface area contributed by atoms with Gasteiger partial charge in [0.25, 0.3) is 10.0 Å². The Kier molecular flexibility index (Phi) is 5.34. The SMILES string of the molecule is O=S(=O)(/N=C(\C=C\c1ccc(F)cc1)c1ccccc1)c1ccccn1. The van der Waals surface area contributed by atoms with Crippen LogP contribution in [-0.2, 0) is 10.0 Å². The summed E-state index contributed by atoms with van der Waals surface area (Å²) in [5, 5.41) is -0.122. The highest BCUT2D eigenvalue weighted by molar-refractivity contribution is 7.90. The smallest absolute Gasteiger partial charge is 0.243 e. The number of rotatable bonds is 5. The van der Waals surface area contributed by atoms with Crippen LogP contribution >= 0.6 is 0 Å². The van der Waals surface area contributed by atoms with Gasteiger partial charge >= 0.3 is 0 Å². The molecule has 0 aliphatic carbocycles. The zero-order valence-electron chi connectivity index (χ0n) is 13.7. The Morgan fingerprint density at radius 2 is 1.62 bits per heavy atom. The summed E-state index contributed by atoms with van der Waals surface area (Å²) in [5.74, 6) is -0.336. The minimum atomic E-state index is -3.95. The van der Waals surface area contributed by atoms with Crippen LogP contribution in [0, 0.1) is 5.82 Å². The largest absolute Gasteiger partial charge is 0.300 e. The summed E-state index contributed by atoms with van der Waals surface area (Å²) in [6.07, 6.45) is 4.67. The Labute approximate surface area is 151 Å². The van der Waals surface area contributed by atoms with Crippen LogP contribution in [0.3, 0.4) is 0 Å². The molecule has 0 spiro atoms. The van der Waals surface area contributed by atoms with Crippen LogP contribution in [0.25, 0.3) is 6.08 Å². The predicted octanol–water partition coefficient (Wildman–Crippen LogP) is 4.11. The monoisotopic (exact) mass is 366 g/mol. The van der Waals surface area contributed by atoms with Gasteiger partial charge in [0.05, 0.1) is 5.71 Å². The van der Waals surface area contributed by atoms with Crippen molar-refractivity contribution in [1.82, 2.24) is 4.98 Å². The predicted molar refractivity (Wildman–Crippen MR) is 99.8 cm³/mol. The van der Waals surface area contributed by atoms with E-state index in [1.54, 1.807) is 60.7 Å². The fourth-order valence-corrected chi connectivity index (χ4v) is 3.18. The van der Waals surface area contributed by atoms with Gasteiger partial charge in [0, 0.05) is 11.8 Å². The van der Waals surface area contributed by atoms with Gasteiger partial charge in [0.1, 0.15) is 5.82 Å². The van der Waals surface area contributed by atoms with E-state index < -0.39 is 10.0 Å². The number of benzene rings is 2. The zero-order chi connectivity index (χ0) is 18.4. The molecule has 0 aliphatic heterocycles. The summed E-state index contributed by atoms with van der Waals surface area (Å²) in [6.45, 7) is 0. The Bertz CT molecular complexity index is 1030. The van der Waals surface area contributed by atoms with Gasteiger partial charge < -0.3 is 0 Å². The number of sulfonamides is 1. The molecule has 4 nitrogen and oxygen atoms in total. The van der Waals surface area contributed by atoms with E-state index >= 15 is 0 Å². The fourth-order valence-electron chi connectivity index (χ4n) is 2.21. The molecule has 130 valence electrons. The van der Waals surface area contributed by atoms with Crippen molar-refractivity contribution in [3.8, 4) is 0 Å². The summed E-state index contributed by atoms with van der Waals surface area (Å²) >= 11 is 0. The summed E-state index contributed by atoms with van der Waals surface area (Å²) in [5.41, 5.74) is 1.64. The van der Waals surface area contributed by atoms with Crippen molar-refractivity contribution in [1.29, 1.82) is 0 Å². The summed E-state index contributed by atoms with van der Waals surface area (Å²) in [7, 11) is -3.95. The number of hydrogen-bond donors (Lipinski definition) is 0. The third kappa shape index (κ3) is 4.49. The van der Waals surface area contributed by atoms with Crippen molar-refractivity contribution in [3.05, 3.63) is 102 Å². The maximum atomic E-state index is 13.0. The van der Waals surface area contributed by atoms with Crippen LogP contribution in [0.15, 0.2) is 94.5 Å². The van der Waals surface area contributed by atoms with E-state index in [1.165, 1.54) is 24.4 Å². The Morgan fingerprint density at radius 3 is 2.27 bits per heavy atom. The second-order valence-electron chi connectivity index (χ2n) is 5.37. The fraction of sp³-hybridized carbons (Fsp3) is 0. The molecule has 0 aliphatic rings. The highest BCUT2D eigenvalue weighted by atomic mass is 32.2. The van der Waals surface area contributed by atoms with Crippen molar-refractivity contribution in [2.45, 2.75) is 5.03 Å². The average molecular weight is 366 g/mol. The zero-order valence-corrected chi connectivity index (χ0v) is 14.5. The van der Waals surface area contributed by atoms with Crippen LogP contribution in [-0.4, -0.2) is 19.1 Å². The first-order chi connectivity index (χ1) is 12.5. The Morgan fingerprint density at radius 1 is 0.923 bits per heavy atom. The number of pyridine rings is 1. The maximum Gasteiger partial charge on any atom is 0.300 e. The first kappa shape index (κ1) is 17.7. The maximum absolute atomic E-state index is 13.0. The molecular weight excluding hydrogens is 351 g/mol. The second-order valence-corrected chi connectivity index (χ2v) is 6.92. The standard InChI is InChI=1S/C20H15FN2O2S/c21-18-12-9-16(10-13-18)11-14-19(17-6-2-1-3-7-17)23-26(24,25)20-8-4-5-15-22-20/h1-15H/b14-11+,23-19+. The van der Waals surface area contributed by atoms with Gasteiger partial charge in [-0.05, 0) is 35.9 Å². The number of nitrogens with zero attached hydrogens (tertiary/aromatic N) is 2. The highest BCUT2D eigenvalue weighted by Gasteiger charge is 2.15. The normalized spacial score (nSPS) is 12.4. The van der Waals surface area contributed by atoms with Gasteiger partial charge in [0.15, 0.2) is 5.03 Å². The molecule has 3 rings (SSSR count). The van der Waals surface area contributed by atoms with Gasteiger partial charge in [-0.2, -0.15) is 12.8 Å². The molecule has 1 aromatic heterocycles. The van der Waals surface area contributed by atoms with Gasteiger partial charge in [-0.15, -0.1) is 0 Å². The average Bonchev–Trinajstić information content (AvgIpc) is 2.68. The summed E-state index contributed by atoms with van der Waals surface area (Å²) in [4.78, 5) is 3.86. The molecule has 0 saturated carbocycles. The molecule has 0 N–H and O–H groups in total. The van der Waals surface area contributed by atoms with Crippen molar-refractivity contribution < 1.29 is 12.8 Å². The first-order valence-corrected chi connectivity index (χ1v) is 9.24. The second kappa shape index (κ2) is 7.84. The van der Waals surface area contributed by atoms with E-state index in [0.29, 0.717) is 5.56 Å². The molecule has 0 amide bonds. The van der Waals surface area contributed by atoms with Gasteiger partial charge in [0.2, 0.25) is 0 Å². The number of halogens is 1. The molecule has 0 saturated heterocycles. The molecule has 0 radical (unpaired) electrons. The molecule has 0 unspecified atom stereocenters. The van der Waals surface area contributed by atoms with E-state index in [4.69, 9.17) is 0 Å². The van der Waals surface area contributed by atoms with E-state index in [-0.39, 0.29) is 16.6 Å². The van der Waals surface area contributed by atoms with Crippen molar-refractivity contribution in [2.75, 3.05) is 0 Å². The van der Waals surface area contributed by atoms with E-state index in [9.17, 15) is 12.8 Å². The van der Waals surface area contributed by atoms with Crippen molar-refractivity contribution in [2.24, 2.45) is 4.40 Å². The number of hydrogen-bond acceptors (Lipinski definition) is 3. The Balaban J connectivity index is 2.03. The third-order valence-electron chi connectivity index (χ3n) is 3.49. The number of allylic oxidation sites excluding steroid dienone is 1. The molecule has 26 heavy (non-hydrogen) atoms. The van der Waals surface area contributed by atoms with Crippen molar-refractivity contribution >= 4 is 21.8 Å². The van der Waals surface area contributed by atoms with Crippen LogP contribution in [0.2, 0.25) is 0 Å². The van der Waals surface area contributed by atoms with Crippen LogP contribution in [0.4, 0.5) is 4.39 Å². The van der Waals surface area contributed by atoms with Gasteiger partial charge in [-0.1, -0.05) is 54.6 Å². The summed E-state index contributed by atoms with van der Waals surface area (Å²) in [6, 6.07) is 19.4. The lowest BCUT2D eigenvalue weighted by Gasteiger charge is -2.03. The lowest BCUT2D eigenvalue weighted by molar-refractivity contribution is 0.594. The van der Waals surface area contributed by atoms with Crippen molar-refractivity contribution in [3.63, 3.8) is 0 Å². The minimum Gasteiger partial charge on any atom is -0.243 e. The molecule has 0 bridgehead atoms. The minimum absolute atomic E-state index is 0.122. The highest BCUT2D eigenvalue weighted by Crippen LogP contribution is 2.13. The van der Waals surface area contributed by atoms with Crippen LogP contribution in [0.5, 0.6) is 0 Å². The topological polar surface area (TPSA) is 59.4 Å². The molecule has 0 atom stereocenters. The van der Waals surface area contributed by atoms with Crippen LogP contribution in [0.1, 0.15) is 11.1 Å². The lowest BCUT2D eigenvalue weighted by atomic mass is 10.1.